The SMILES string of the molecule is COc1ccc(-c2cc(CN)n(C)n2)c(C)c1C. The molecule has 0 aliphatic rings. The summed E-state index contributed by atoms with van der Waals surface area (Å²) in [6, 6.07) is 6.06. The van der Waals surface area contributed by atoms with Crippen LogP contribution in [0.5, 0.6) is 5.75 Å². The van der Waals surface area contributed by atoms with Crippen LogP contribution in [-0.2, 0) is 13.6 Å². The number of ether oxygens (including phenoxy) is 1. The van der Waals surface area contributed by atoms with Crippen molar-refractivity contribution >= 4 is 0 Å². The van der Waals surface area contributed by atoms with Crippen molar-refractivity contribution in [2.24, 2.45) is 12.8 Å². The van der Waals surface area contributed by atoms with Gasteiger partial charge in [-0.3, -0.25) is 4.68 Å². The van der Waals surface area contributed by atoms with Crippen molar-refractivity contribution in [2.45, 2.75) is 20.4 Å². The fourth-order valence-corrected chi connectivity index (χ4v) is 2.12. The highest BCUT2D eigenvalue weighted by Gasteiger charge is 2.12. The number of aromatic nitrogens is 2. The summed E-state index contributed by atoms with van der Waals surface area (Å²) in [6.45, 7) is 4.64. The molecule has 2 N–H and O–H groups in total. The number of aryl methyl sites for hydroxylation is 1. The molecule has 18 heavy (non-hydrogen) atoms. The van der Waals surface area contributed by atoms with Crippen LogP contribution < -0.4 is 10.5 Å². The molecular formula is C14H19N3O. The minimum absolute atomic E-state index is 0.498. The van der Waals surface area contributed by atoms with E-state index < -0.39 is 0 Å². The number of hydrogen-bond donors (Lipinski definition) is 1. The fourth-order valence-electron chi connectivity index (χ4n) is 2.12. The Morgan fingerprint density at radius 2 is 2.00 bits per heavy atom. The maximum absolute atomic E-state index is 5.67. The predicted molar refractivity (Wildman–Crippen MR) is 72.6 cm³/mol. The highest BCUT2D eigenvalue weighted by molar-refractivity contribution is 5.67. The molecular weight excluding hydrogens is 226 g/mol. The minimum Gasteiger partial charge on any atom is -0.496 e. The molecule has 4 heteroatoms. The van der Waals surface area contributed by atoms with Crippen LogP contribution in [0.25, 0.3) is 11.3 Å². The van der Waals surface area contributed by atoms with Gasteiger partial charge < -0.3 is 10.5 Å². The van der Waals surface area contributed by atoms with Gasteiger partial charge >= 0.3 is 0 Å². The predicted octanol–water partition coefficient (Wildman–Crippen LogP) is 2.17. The lowest BCUT2D eigenvalue weighted by Crippen LogP contribution is -2.03. The van der Waals surface area contributed by atoms with Gasteiger partial charge in [-0.1, -0.05) is 0 Å². The van der Waals surface area contributed by atoms with Crippen LogP contribution in [0.4, 0.5) is 0 Å². The molecule has 1 heterocycles. The van der Waals surface area contributed by atoms with Gasteiger partial charge in [0.2, 0.25) is 0 Å². The van der Waals surface area contributed by atoms with Crippen LogP contribution in [0.15, 0.2) is 18.2 Å². The van der Waals surface area contributed by atoms with Crippen LogP contribution >= 0.6 is 0 Å². The lowest BCUT2D eigenvalue weighted by molar-refractivity contribution is 0.411. The van der Waals surface area contributed by atoms with E-state index in [0.29, 0.717) is 6.54 Å². The second-order valence-corrected chi connectivity index (χ2v) is 4.41. The highest BCUT2D eigenvalue weighted by atomic mass is 16.5. The molecule has 0 bridgehead atoms. The van der Waals surface area contributed by atoms with E-state index in [0.717, 1.165) is 28.3 Å². The summed E-state index contributed by atoms with van der Waals surface area (Å²) in [5.41, 5.74) is 11.1. The zero-order valence-electron chi connectivity index (χ0n) is 11.3. The Morgan fingerprint density at radius 1 is 1.28 bits per heavy atom. The number of hydrogen-bond acceptors (Lipinski definition) is 3. The second-order valence-electron chi connectivity index (χ2n) is 4.41. The van der Waals surface area contributed by atoms with Gasteiger partial charge in [-0.25, -0.2) is 0 Å². The standard InChI is InChI=1S/C14H19N3O/c1-9-10(2)14(18-4)6-5-12(9)13-7-11(8-15)17(3)16-13/h5-7H,8,15H2,1-4H3. The zero-order valence-corrected chi connectivity index (χ0v) is 11.3. The number of benzene rings is 1. The lowest BCUT2D eigenvalue weighted by atomic mass is 10.00. The van der Waals surface area contributed by atoms with Crippen molar-refractivity contribution in [3.05, 3.63) is 35.0 Å². The second kappa shape index (κ2) is 4.82. The lowest BCUT2D eigenvalue weighted by Gasteiger charge is -2.10. The third-order valence-corrected chi connectivity index (χ3v) is 3.42. The van der Waals surface area contributed by atoms with Crippen LogP contribution in [-0.4, -0.2) is 16.9 Å². The van der Waals surface area contributed by atoms with E-state index in [1.54, 1.807) is 7.11 Å². The first-order valence-corrected chi connectivity index (χ1v) is 5.96. The van der Waals surface area contributed by atoms with E-state index in [1.807, 2.05) is 29.9 Å². The van der Waals surface area contributed by atoms with Crippen molar-refractivity contribution in [2.75, 3.05) is 7.11 Å². The molecule has 4 nitrogen and oxygen atoms in total. The van der Waals surface area contributed by atoms with Crippen LogP contribution in [0.1, 0.15) is 16.8 Å². The summed E-state index contributed by atoms with van der Waals surface area (Å²) in [4.78, 5) is 0. The van der Waals surface area contributed by atoms with Gasteiger partial charge in [0.15, 0.2) is 0 Å². The van der Waals surface area contributed by atoms with Crippen molar-refractivity contribution in [1.82, 2.24) is 9.78 Å². The van der Waals surface area contributed by atoms with Crippen molar-refractivity contribution in [3.63, 3.8) is 0 Å². The molecule has 0 fully saturated rings. The van der Waals surface area contributed by atoms with E-state index in [-0.39, 0.29) is 0 Å². The molecule has 0 unspecified atom stereocenters. The first-order valence-electron chi connectivity index (χ1n) is 5.96. The summed E-state index contributed by atoms with van der Waals surface area (Å²) in [6.07, 6.45) is 0. The van der Waals surface area contributed by atoms with Gasteiger partial charge in [0.1, 0.15) is 5.75 Å². The van der Waals surface area contributed by atoms with Gasteiger partial charge in [0.05, 0.1) is 18.5 Å². The molecule has 1 aromatic carbocycles. The topological polar surface area (TPSA) is 53.1 Å². The van der Waals surface area contributed by atoms with Gasteiger partial charge in [-0.05, 0) is 43.2 Å². The quantitative estimate of drug-likeness (QED) is 0.901. The monoisotopic (exact) mass is 245 g/mol. The molecule has 0 saturated carbocycles. The normalized spacial score (nSPS) is 10.7. The molecule has 0 atom stereocenters. The summed E-state index contributed by atoms with van der Waals surface area (Å²) in [5.74, 6) is 0.909. The molecule has 1 aromatic heterocycles. The number of methoxy groups -OCH3 is 1. The van der Waals surface area contributed by atoms with Gasteiger partial charge in [0.25, 0.3) is 0 Å². The smallest absolute Gasteiger partial charge is 0.122 e. The Balaban J connectivity index is 2.54. The van der Waals surface area contributed by atoms with Gasteiger partial charge in [-0.2, -0.15) is 5.10 Å². The molecule has 0 radical (unpaired) electrons. The molecule has 0 saturated heterocycles. The Hall–Kier alpha value is -1.81. The summed E-state index contributed by atoms with van der Waals surface area (Å²) < 4.78 is 7.15. The van der Waals surface area contributed by atoms with Crippen molar-refractivity contribution in [3.8, 4) is 17.0 Å². The Labute approximate surface area is 107 Å². The van der Waals surface area contributed by atoms with Crippen molar-refractivity contribution in [1.29, 1.82) is 0 Å². The average molecular weight is 245 g/mol. The third-order valence-electron chi connectivity index (χ3n) is 3.42. The number of rotatable bonds is 3. The van der Waals surface area contributed by atoms with Gasteiger partial charge in [-0.15, -0.1) is 0 Å². The number of nitrogens with two attached hydrogens (primary N) is 1. The fraction of sp³-hybridized carbons (Fsp3) is 0.357. The first kappa shape index (κ1) is 12.6. The van der Waals surface area contributed by atoms with Crippen molar-refractivity contribution < 1.29 is 4.74 Å². The average Bonchev–Trinajstić information content (AvgIpc) is 2.73. The largest absolute Gasteiger partial charge is 0.496 e. The minimum atomic E-state index is 0.498. The van der Waals surface area contributed by atoms with Crippen LogP contribution in [0.3, 0.4) is 0 Å². The van der Waals surface area contributed by atoms with Gasteiger partial charge in [0, 0.05) is 19.2 Å². The molecule has 96 valence electrons. The zero-order chi connectivity index (χ0) is 13.3. The number of nitrogens with zero attached hydrogens (tertiary/aromatic N) is 2. The Kier molecular flexibility index (Phi) is 3.39. The highest BCUT2D eigenvalue weighted by Crippen LogP contribution is 2.30. The molecule has 2 rings (SSSR count). The maximum atomic E-state index is 5.67. The Bertz CT molecular complexity index is 573. The maximum Gasteiger partial charge on any atom is 0.122 e. The summed E-state index contributed by atoms with van der Waals surface area (Å²) in [5, 5.41) is 4.51. The summed E-state index contributed by atoms with van der Waals surface area (Å²) in [7, 11) is 3.60. The molecule has 2 aromatic rings. The molecule has 0 spiro atoms. The summed E-state index contributed by atoms with van der Waals surface area (Å²) >= 11 is 0. The van der Waals surface area contributed by atoms with Crippen LogP contribution in [0, 0.1) is 13.8 Å². The Morgan fingerprint density at radius 3 is 2.56 bits per heavy atom. The van der Waals surface area contributed by atoms with E-state index in [4.69, 9.17) is 10.5 Å². The van der Waals surface area contributed by atoms with E-state index in [9.17, 15) is 0 Å². The van der Waals surface area contributed by atoms with Crippen LogP contribution in [0.2, 0.25) is 0 Å². The van der Waals surface area contributed by atoms with E-state index in [2.05, 4.69) is 18.9 Å². The third kappa shape index (κ3) is 1.99. The molecule has 0 amide bonds. The van der Waals surface area contributed by atoms with E-state index >= 15 is 0 Å². The molecule has 0 aliphatic heterocycles. The molecule has 0 aliphatic carbocycles. The first-order chi connectivity index (χ1) is 8.58. The van der Waals surface area contributed by atoms with E-state index in [1.165, 1.54) is 5.56 Å².